The molecule has 0 saturated heterocycles. The smallest absolute Gasteiger partial charge is 0.229 e. The van der Waals surface area contributed by atoms with Gasteiger partial charge in [0, 0.05) is 27.8 Å². The van der Waals surface area contributed by atoms with Crippen LogP contribution >= 0.6 is 15.9 Å². The first-order chi connectivity index (χ1) is 8.74. The third-order valence-corrected chi connectivity index (χ3v) is 3.05. The van der Waals surface area contributed by atoms with E-state index in [0.717, 1.165) is 9.86 Å². The van der Waals surface area contributed by atoms with Crippen LogP contribution in [0.1, 0.15) is 16.1 Å². The Balaban J connectivity index is 2.06. The molecular formula is C14H8BrNO2. The van der Waals surface area contributed by atoms with Gasteiger partial charge in [0.25, 0.3) is 0 Å². The first-order valence-corrected chi connectivity index (χ1v) is 6.17. The number of rotatable bonds is 2. The van der Waals surface area contributed by atoms with Gasteiger partial charge in [0.2, 0.25) is 5.78 Å². The molecule has 0 fully saturated rings. The molecule has 0 aliphatic carbocycles. The van der Waals surface area contributed by atoms with Gasteiger partial charge in [-0.25, -0.2) is 0 Å². The average Bonchev–Trinajstić information content (AvgIpc) is 2.81. The largest absolute Gasteiger partial charge is 0.453 e. The molecule has 3 aromatic rings. The minimum Gasteiger partial charge on any atom is -0.453 e. The Labute approximate surface area is 112 Å². The zero-order valence-corrected chi connectivity index (χ0v) is 10.8. The Bertz CT molecular complexity index is 700. The van der Waals surface area contributed by atoms with Crippen molar-refractivity contribution in [3.63, 3.8) is 0 Å². The first-order valence-electron chi connectivity index (χ1n) is 5.38. The summed E-state index contributed by atoms with van der Waals surface area (Å²) in [5.41, 5.74) is 1.22. The second-order valence-electron chi connectivity index (χ2n) is 3.87. The predicted molar refractivity (Wildman–Crippen MR) is 71.6 cm³/mol. The number of nitrogens with zero attached hydrogens (tertiary/aromatic N) is 1. The number of benzene rings is 1. The van der Waals surface area contributed by atoms with E-state index < -0.39 is 0 Å². The summed E-state index contributed by atoms with van der Waals surface area (Å²) in [5, 5.41) is 0.920. The zero-order chi connectivity index (χ0) is 12.5. The lowest BCUT2D eigenvalue weighted by atomic mass is 10.1. The fraction of sp³-hybridized carbons (Fsp3) is 0. The van der Waals surface area contributed by atoms with Gasteiger partial charge in [0.1, 0.15) is 5.58 Å². The van der Waals surface area contributed by atoms with Crippen molar-refractivity contribution in [1.29, 1.82) is 0 Å². The van der Waals surface area contributed by atoms with Gasteiger partial charge in [0.05, 0.1) is 0 Å². The van der Waals surface area contributed by atoms with E-state index in [1.165, 1.54) is 6.20 Å². The third-order valence-electron chi connectivity index (χ3n) is 2.62. The van der Waals surface area contributed by atoms with Crippen molar-refractivity contribution in [3.8, 4) is 0 Å². The lowest BCUT2D eigenvalue weighted by molar-refractivity contribution is 0.101. The number of hydrogen-bond donors (Lipinski definition) is 0. The van der Waals surface area contributed by atoms with Crippen LogP contribution in [0.4, 0.5) is 0 Å². The number of pyridine rings is 1. The number of halogens is 1. The molecule has 0 unspecified atom stereocenters. The van der Waals surface area contributed by atoms with E-state index >= 15 is 0 Å². The predicted octanol–water partition coefficient (Wildman–Crippen LogP) is 3.82. The molecule has 2 aromatic heterocycles. The molecule has 0 N–H and O–H groups in total. The van der Waals surface area contributed by atoms with E-state index in [0.29, 0.717) is 16.9 Å². The van der Waals surface area contributed by atoms with Crippen LogP contribution in [0.5, 0.6) is 0 Å². The van der Waals surface area contributed by atoms with Crippen LogP contribution in [0.15, 0.2) is 57.7 Å². The van der Waals surface area contributed by atoms with E-state index in [2.05, 4.69) is 20.9 Å². The molecule has 3 nitrogen and oxygen atoms in total. The highest BCUT2D eigenvalue weighted by Gasteiger charge is 2.14. The first kappa shape index (κ1) is 11.2. The van der Waals surface area contributed by atoms with E-state index in [1.54, 1.807) is 18.3 Å². The van der Waals surface area contributed by atoms with Gasteiger partial charge >= 0.3 is 0 Å². The number of aromatic nitrogens is 1. The lowest BCUT2D eigenvalue weighted by Crippen LogP contribution is -1.99. The van der Waals surface area contributed by atoms with Gasteiger partial charge in [-0.1, -0.05) is 18.2 Å². The van der Waals surface area contributed by atoms with Gasteiger partial charge in [-0.05, 0) is 34.1 Å². The molecule has 4 heteroatoms. The lowest BCUT2D eigenvalue weighted by Gasteiger charge is -1.97. The Morgan fingerprint density at radius 1 is 1.17 bits per heavy atom. The monoisotopic (exact) mass is 301 g/mol. The SMILES string of the molecule is O=C(c1cncc(Br)c1)c1cc2ccccc2o1. The second kappa shape index (κ2) is 4.38. The summed E-state index contributed by atoms with van der Waals surface area (Å²) in [7, 11) is 0. The molecule has 2 heterocycles. The molecule has 0 amide bonds. The summed E-state index contributed by atoms with van der Waals surface area (Å²) in [6.45, 7) is 0. The maximum Gasteiger partial charge on any atom is 0.229 e. The fourth-order valence-electron chi connectivity index (χ4n) is 1.77. The van der Waals surface area contributed by atoms with Crippen molar-refractivity contribution in [3.05, 3.63) is 64.6 Å². The second-order valence-corrected chi connectivity index (χ2v) is 4.79. The topological polar surface area (TPSA) is 43.1 Å². The van der Waals surface area contributed by atoms with Crippen molar-refractivity contribution in [2.75, 3.05) is 0 Å². The van der Waals surface area contributed by atoms with E-state index in [9.17, 15) is 4.79 Å². The minimum absolute atomic E-state index is 0.167. The maximum atomic E-state index is 12.2. The Morgan fingerprint density at radius 2 is 2.00 bits per heavy atom. The molecular weight excluding hydrogens is 294 g/mol. The minimum atomic E-state index is -0.167. The summed E-state index contributed by atoms with van der Waals surface area (Å²) in [4.78, 5) is 16.2. The molecule has 88 valence electrons. The summed E-state index contributed by atoms with van der Waals surface area (Å²) >= 11 is 3.29. The third kappa shape index (κ3) is 1.95. The van der Waals surface area contributed by atoms with Crippen molar-refractivity contribution in [1.82, 2.24) is 4.98 Å². The van der Waals surface area contributed by atoms with Crippen LogP contribution in [-0.4, -0.2) is 10.8 Å². The van der Waals surface area contributed by atoms with Crippen molar-refractivity contribution in [2.45, 2.75) is 0 Å². The number of carbonyl (C=O) groups excluding carboxylic acids is 1. The van der Waals surface area contributed by atoms with Gasteiger partial charge in [0.15, 0.2) is 5.76 Å². The summed E-state index contributed by atoms with van der Waals surface area (Å²) < 4.78 is 6.30. The molecule has 0 bridgehead atoms. The quantitative estimate of drug-likeness (QED) is 0.676. The van der Waals surface area contributed by atoms with Crippen LogP contribution in [0.3, 0.4) is 0 Å². The molecule has 3 rings (SSSR count). The number of ketones is 1. The zero-order valence-electron chi connectivity index (χ0n) is 9.26. The Hall–Kier alpha value is -1.94. The van der Waals surface area contributed by atoms with Crippen LogP contribution in [-0.2, 0) is 0 Å². The van der Waals surface area contributed by atoms with E-state index in [1.807, 2.05) is 24.3 Å². The molecule has 18 heavy (non-hydrogen) atoms. The standard InChI is InChI=1S/C14H8BrNO2/c15-11-5-10(7-16-8-11)14(17)13-6-9-3-1-2-4-12(9)18-13/h1-8H. The molecule has 0 spiro atoms. The molecule has 1 aromatic carbocycles. The average molecular weight is 302 g/mol. The summed E-state index contributed by atoms with van der Waals surface area (Å²) in [6, 6.07) is 11.0. The highest BCUT2D eigenvalue weighted by Crippen LogP contribution is 2.21. The molecule has 0 saturated carbocycles. The van der Waals surface area contributed by atoms with E-state index in [4.69, 9.17) is 4.42 Å². The highest BCUT2D eigenvalue weighted by molar-refractivity contribution is 9.10. The van der Waals surface area contributed by atoms with Crippen LogP contribution in [0.25, 0.3) is 11.0 Å². The van der Waals surface area contributed by atoms with Crippen LogP contribution in [0.2, 0.25) is 0 Å². The number of hydrogen-bond acceptors (Lipinski definition) is 3. The van der Waals surface area contributed by atoms with Crippen molar-refractivity contribution in [2.24, 2.45) is 0 Å². The maximum absolute atomic E-state index is 12.2. The van der Waals surface area contributed by atoms with E-state index in [-0.39, 0.29) is 5.78 Å². The van der Waals surface area contributed by atoms with Crippen molar-refractivity contribution < 1.29 is 9.21 Å². The molecule has 0 radical (unpaired) electrons. The normalized spacial score (nSPS) is 10.7. The Kier molecular flexibility index (Phi) is 2.72. The van der Waals surface area contributed by atoms with Crippen LogP contribution < -0.4 is 0 Å². The summed E-state index contributed by atoms with van der Waals surface area (Å²) in [6.07, 6.45) is 3.16. The number of furan rings is 1. The molecule has 0 aliphatic rings. The number of fused-ring (bicyclic) bond motifs is 1. The highest BCUT2D eigenvalue weighted by atomic mass is 79.9. The van der Waals surface area contributed by atoms with Gasteiger partial charge < -0.3 is 4.42 Å². The van der Waals surface area contributed by atoms with Gasteiger partial charge in [-0.15, -0.1) is 0 Å². The number of carbonyl (C=O) groups is 1. The van der Waals surface area contributed by atoms with Crippen LogP contribution in [0, 0.1) is 0 Å². The van der Waals surface area contributed by atoms with Crippen molar-refractivity contribution >= 4 is 32.7 Å². The van der Waals surface area contributed by atoms with Gasteiger partial charge in [-0.3, -0.25) is 9.78 Å². The fourth-order valence-corrected chi connectivity index (χ4v) is 2.14. The molecule has 0 atom stereocenters. The summed E-state index contributed by atoms with van der Waals surface area (Å²) in [5.74, 6) is 0.163. The Morgan fingerprint density at radius 3 is 2.78 bits per heavy atom. The number of para-hydroxylation sites is 1. The molecule has 0 aliphatic heterocycles. The van der Waals surface area contributed by atoms with Gasteiger partial charge in [-0.2, -0.15) is 0 Å².